The average molecular weight is 356 g/mol. The Kier molecular flexibility index (Phi) is 3.53. The zero-order valence-corrected chi connectivity index (χ0v) is 15.0. The lowest BCUT2D eigenvalue weighted by molar-refractivity contribution is -0.499. The van der Waals surface area contributed by atoms with Crippen LogP contribution in [0.15, 0.2) is 84.0 Å². The first-order chi connectivity index (χ1) is 12.9. The third-order valence-corrected chi connectivity index (χ3v) is 5.23. The Morgan fingerprint density at radius 2 is 1.69 bits per heavy atom. The minimum atomic E-state index is 0.756. The van der Waals surface area contributed by atoms with E-state index < -0.39 is 0 Å². The molecule has 0 bridgehead atoms. The molecule has 0 aliphatic heterocycles. The molecule has 0 aliphatic rings. The first kappa shape index (κ1) is 15.2. The predicted molar refractivity (Wildman–Crippen MR) is 105 cm³/mol. The van der Waals surface area contributed by atoms with E-state index in [2.05, 4.69) is 57.8 Å². The lowest BCUT2D eigenvalue weighted by Crippen LogP contribution is -2.22. The Hall–Kier alpha value is -3.05. The average Bonchev–Trinajstić information content (AvgIpc) is 3.26. The summed E-state index contributed by atoms with van der Waals surface area (Å²) in [5.41, 5.74) is 5.08. The Morgan fingerprint density at radius 3 is 2.50 bits per heavy atom. The van der Waals surface area contributed by atoms with Gasteiger partial charge in [0.25, 0.3) is 5.65 Å². The fourth-order valence-electron chi connectivity index (χ4n) is 3.35. The van der Waals surface area contributed by atoms with Gasteiger partial charge in [-0.05, 0) is 41.3 Å². The molecular weight excluding hydrogens is 340 g/mol. The first-order valence-corrected chi connectivity index (χ1v) is 9.63. The van der Waals surface area contributed by atoms with Crippen molar-refractivity contribution in [3.8, 4) is 17.2 Å². The number of pyridine rings is 1. The molecule has 0 N–H and O–H groups in total. The van der Waals surface area contributed by atoms with E-state index in [-0.39, 0.29) is 0 Å². The quantitative estimate of drug-likeness (QED) is 0.360. The lowest BCUT2D eigenvalue weighted by atomic mass is 10.3. The number of thioether (sulfide) groups is 1. The Morgan fingerprint density at radius 1 is 0.923 bits per heavy atom. The van der Waals surface area contributed by atoms with Crippen molar-refractivity contribution in [2.45, 2.75) is 5.03 Å². The fourth-order valence-corrected chi connectivity index (χ4v) is 4.11. The van der Waals surface area contributed by atoms with Gasteiger partial charge < -0.3 is 9.97 Å². The summed E-state index contributed by atoms with van der Waals surface area (Å²) in [6.07, 6.45) is 4.17. The summed E-state index contributed by atoms with van der Waals surface area (Å²) >= 11 is 1.71. The molecule has 0 unspecified atom stereocenters. The summed E-state index contributed by atoms with van der Waals surface area (Å²) in [6, 6.07) is 24.6. The van der Waals surface area contributed by atoms with Crippen molar-refractivity contribution in [1.29, 1.82) is 0 Å². The van der Waals surface area contributed by atoms with E-state index in [0.29, 0.717) is 0 Å². The van der Waals surface area contributed by atoms with Crippen molar-refractivity contribution >= 4 is 28.4 Å². The number of benzene rings is 2. The van der Waals surface area contributed by atoms with E-state index in [9.17, 15) is 0 Å². The van der Waals surface area contributed by atoms with Crippen molar-refractivity contribution in [3.05, 3.63) is 79.0 Å². The molecule has 0 saturated carbocycles. The highest BCUT2D eigenvalue weighted by Gasteiger charge is 2.26. The second kappa shape index (κ2) is 6.04. The zero-order chi connectivity index (χ0) is 17.5. The summed E-state index contributed by atoms with van der Waals surface area (Å²) < 4.78 is 4.44. The van der Waals surface area contributed by atoms with Crippen LogP contribution in [0.1, 0.15) is 0 Å². The van der Waals surface area contributed by atoms with Crippen molar-refractivity contribution < 1.29 is 4.40 Å². The van der Waals surface area contributed by atoms with Crippen molar-refractivity contribution in [1.82, 2.24) is 14.5 Å². The SMILES string of the molecule is CSc1c(-c2nc3ccccc3[n-]2)[n+]2ccccc2n1-c1ccccc1. The topological polar surface area (TPSA) is 36.0 Å². The van der Waals surface area contributed by atoms with Gasteiger partial charge in [-0.3, -0.25) is 0 Å². The number of fused-ring (bicyclic) bond motifs is 2. The number of rotatable bonds is 3. The molecule has 0 aliphatic carbocycles. The van der Waals surface area contributed by atoms with Crippen molar-refractivity contribution in [3.63, 3.8) is 0 Å². The standard InChI is InChI=1S/C21H16N4S/c1-26-21-19(20-22-16-11-5-6-12-17(16)23-20)24-14-8-7-13-18(24)25(21)15-9-3-2-4-10-15/h2-14H,1H3. The van der Waals surface area contributed by atoms with Crippen LogP contribution in [0.5, 0.6) is 0 Å². The molecule has 0 atom stereocenters. The summed E-state index contributed by atoms with van der Waals surface area (Å²) in [5.74, 6) is 0.756. The highest BCUT2D eigenvalue weighted by molar-refractivity contribution is 7.98. The minimum Gasteiger partial charge on any atom is -0.432 e. The van der Waals surface area contributed by atoms with Gasteiger partial charge in [0.05, 0.1) is 6.20 Å². The van der Waals surface area contributed by atoms with Gasteiger partial charge in [-0.1, -0.05) is 60.3 Å². The molecule has 5 aromatic rings. The maximum absolute atomic E-state index is 4.79. The van der Waals surface area contributed by atoms with Crippen LogP contribution in [0, 0.1) is 0 Å². The van der Waals surface area contributed by atoms with E-state index in [1.807, 2.05) is 36.4 Å². The Bertz CT molecular complexity index is 1190. The van der Waals surface area contributed by atoms with Crippen LogP contribution in [-0.4, -0.2) is 15.8 Å². The monoisotopic (exact) mass is 356 g/mol. The van der Waals surface area contributed by atoms with Crippen molar-refractivity contribution in [2.75, 3.05) is 6.26 Å². The molecule has 0 amide bonds. The highest BCUT2D eigenvalue weighted by atomic mass is 32.2. The van der Waals surface area contributed by atoms with Gasteiger partial charge in [-0.15, -0.1) is 0 Å². The zero-order valence-electron chi connectivity index (χ0n) is 14.2. The predicted octanol–water partition coefficient (Wildman–Crippen LogP) is 4.11. The van der Waals surface area contributed by atoms with Crippen LogP contribution in [0.4, 0.5) is 0 Å². The molecule has 26 heavy (non-hydrogen) atoms. The number of para-hydroxylation sites is 3. The number of hydrogen-bond donors (Lipinski definition) is 0. The van der Waals surface area contributed by atoms with Gasteiger partial charge in [0, 0.05) is 6.07 Å². The van der Waals surface area contributed by atoms with E-state index in [1.54, 1.807) is 11.8 Å². The molecule has 5 rings (SSSR count). The van der Waals surface area contributed by atoms with E-state index in [4.69, 9.17) is 9.97 Å². The van der Waals surface area contributed by atoms with Gasteiger partial charge in [-0.25, -0.2) is 0 Å². The summed E-state index contributed by atoms with van der Waals surface area (Å²) in [6.45, 7) is 0. The maximum atomic E-state index is 4.79. The van der Waals surface area contributed by atoms with Crippen LogP contribution in [0.25, 0.3) is 33.9 Å². The van der Waals surface area contributed by atoms with E-state index in [0.717, 1.165) is 38.9 Å². The van der Waals surface area contributed by atoms with Gasteiger partial charge >= 0.3 is 0 Å². The lowest BCUT2D eigenvalue weighted by Gasteiger charge is -2.02. The van der Waals surface area contributed by atoms with E-state index in [1.165, 1.54) is 0 Å². The van der Waals surface area contributed by atoms with Gasteiger partial charge in [0.2, 0.25) is 5.03 Å². The van der Waals surface area contributed by atoms with Crippen LogP contribution in [-0.2, 0) is 0 Å². The number of hydrogen-bond acceptors (Lipinski definition) is 2. The van der Waals surface area contributed by atoms with Crippen molar-refractivity contribution in [2.24, 2.45) is 0 Å². The van der Waals surface area contributed by atoms with Gasteiger partial charge in [-0.2, -0.15) is 8.97 Å². The second-order valence-corrected chi connectivity index (χ2v) is 6.79. The highest BCUT2D eigenvalue weighted by Crippen LogP contribution is 2.31. The molecule has 5 heteroatoms. The Labute approximate surface area is 155 Å². The molecule has 4 nitrogen and oxygen atoms in total. The van der Waals surface area contributed by atoms with Crippen LogP contribution >= 0.6 is 11.8 Å². The molecule has 0 saturated heterocycles. The van der Waals surface area contributed by atoms with Crippen LogP contribution in [0.2, 0.25) is 0 Å². The molecule has 3 aromatic heterocycles. The third-order valence-electron chi connectivity index (χ3n) is 4.47. The summed E-state index contributed by atoms with van der Waals surface area (Å²) in [7, 11) is 0. The molecule has 3 heterocycles. The van der Waals surface area contributed by atoms with Gasteiger partial charge in [0.15, 0.2) is 5.69 Å². The normalized spacial score (nSPS) is 11.4. The molecule has 0 radical (unpaired) electrons. The van der Waals surface area contributed by atoms with Gasteiger partial charge in [0.1, 0.15) is 5.69 Å². The molecule has 126 valence electrons. The first-order valence-electron chi connectivity index (χ1n) is 8.41. The molecular formula is C21H16N4S. The summed E-state index contributed by atoms with van der Waals surface area (Å²) in [5, 5.41) is 1.12. The number of aromatic nitrogens is 4. The van der Waals surface area contributed by atoms with E-state index >= 15 is 0 Å². The largest absolute Gasteiger partial charge is 0.432 e. The van der Waals surface area contributed by atoms with Crippen LogP contribution < -0.4 is 9.38 Å². The second-order valence-electron chi connectivity index (χ2n) is 5.99. The smallest absolute Gasteiger partial charge is 0.292 e. The third kappa shape index (κ3) is 2.24. The number of imidazole rings is 2. The molecule has 2 aromatic carbocycles. The number of nitrogens with zero attached hydrogens (tertiary/aromatic N) is 4. The maximum Gasteiger partial charge on any atom is 0.292 e. The Balaban J connectivity index is 1.88. The fraction of sp³-hybridized carbons (Fsp3) is 0.0476. The minimum absolute atomic E-state index is 0.756. The molecule has 0 fully saturated rings. The molecule has 0 spiro atoms. The van der Waals surface area contributed by atoms with Crippen LogP contribution in [0.3, 0.4) is 0 Å². The summed E-state index contributed by atoms with van der Waals surface area (Å²) in [4.78, 5) is 9.58.